The first-order chi connectivity index (χ1) is 14.8. The fourth-order valence-electron chi connectivity index (χ4n) is 4.39. The molecule has 2 heterocycles. The van der Waals surface area contributed by atoms with Crippen molar-refractivity contribution in [3.8, 4) is 0 Å². The van der Waals surface area contributed by atoms with E-state index in [0.29, 0.717) is 19.6 Å². The van der Waals surface area contributed by atoms with Crippen molar-refractivity contribution >= 4 is 21.5 Å². The molecule has 0 unspecified atom stereocenters. The van der Waals surface area contributed by atoms with E-state index in [1.54, 1.807) is 20.9 Å². The predicted octanol–water partition coefficient (Wildman–Crippen LogP) is 2.83. The number of anilines is 1. The molecule has 1 saturated heterocycles. The lowest BCUT2D eigenvalue weighted by atomic mass is 10.1. The van der Waals surface area contributed by atoms with Crippen molar-refractivity contribution in [2.24, 2.45) is 4.99 Å². The normalized spacial score (nSPS) is 19.9. The molecule has 0 atom stereocenters. The second-order valence-electron chi connectivity index (χ2n) is 9.02. The van der Waals surface area contributed by atoms with Crippen LogP contribution in [0.3, 0.4) is 0 Å². The average molecular weight is 441 g/mol. The van der Waals surface area contributed by atoms with Gasteiger partial charge in [-0.2, -0.15) is 0 Å². The predicted molar refractivity (Wildman–Crippen MR) is 127 cm³/mol. The van der Waals surface area contributed by atoms with E-state index in [1.165, 1.54) is 22.4 Å². The van der Waals surface area contributed by atoms with Gasteiger partial charge in [0.15, 0.2) is 15.8 Å². The SMILES string of the molecule is CN=C(NCc1ccc(CN2CCc3ccccc32)cc1)N1CCS(=O)(=O)C(C)(C)C1. The summed E-state index contributed by atoms with van der Waals surface area (Å²) in [6, 6.07) is 17.3. The Bertz CT molecular complexity index is 1060. The summed E-state index contributed by atoms with van der Waals surface area (Å²) in [7, 11) is -1.32. The van der Waals surface area contributed by atoms with Crippen molar-refractivity contribution in [3.05, 3.63) is 65.2 Å². The van der Waals surface area contributed by atoms with Crippen LogP contribution >= 0.6 is 0 Å². The zero-order valence-electron chi connectivity index (χ0n) is 18.6. The number of nitrogens with one attached hydrogen (secondary N) is 1. The molecule has 0 saturated carbocycles. The second-order valence-corrected chi connectivity index (χ2v) is 11.8. The van der Waals surface area contributed by atoms with Crippen LogP contribution in [0.4, 0.5) is 5.69 Å². The van der Waals surface area contributed by atoms with E-state index >= 15 is 0 Å². The molecule has 0 radical (unpaired) electrons. The minimum atomic E-state index is -3.06. The molecule has 7 heteroatoms. The fraction of sp³-hybridized carbons (Fsp3) is 0.458. The molecule has 2 aromatic carbocycles. The highest BCUT2D eigenvalue weighted by molar-refractivity contribution is 7.92. The van der Waals surface area contributed by atoms with Gasteiger partial charge >= 0.3 is 0 Å². The quantitative estimate of drug-likeness (QED) is 0.585. The van der Waals surface area contributed by atoms with E-state index in [1.807, 2.05) is 4.90 Å². The Morgan fingerprint density at radius 3 is 2.48 bits per heavy atom. The van der Waals surface area contributed by atoms with E-state index in [0.717, 1.165) is 25.5 Å². The smallest absolute Gasteiger partial charge is 0.193 e. The van der Waals surface area contributed by atoms with E-state index in [4.69, 9.17) is 0 Å². The van der Waals surface area contributed by atoms with Gasteiger partial charge < -0.3 is 15.1 Å². The summed E-state index contributed by atoms with van der Waals surface area (Å²) < 4.78 is 23.8. The van der Waals surface area contributed by atoms with Crippen LogP contribution in [0.5, 0.6) is 0 Å². The van der Waals surface area contributed by atoms with Gasteiger partial charge in [0, 0.05) is 45.5 Å². The number of hydrogen-bond acceptors (Lipinski definition) is 4. The summed E-state index contributed by atoms with van der Waals surface area (Å²) >= 11 is 0. The molecule has 1 fully saturated rings. The third-order valence-electron chi connectivity index (χ3n) is 6.39. The summed E-state index contributed by atoms with van der Waals surface area (Å²) in [5, 5.41) is 3.40. The number of benzene rings is 2. The van der Waals surface area contributed by atoms with Crippen LogP contribution in [0.25, 0.3) is 0 Å². The van der Waals surface area contributed by atoms with Crippen molar-refractivity contribution in [1.29, 1.82) is 0 Å². The van der Waals surface area contributed by atoms with Crippen LogP contribution in [0.1, 0.15) is 30.5 Å². The van der Waals surface area contributed by atoms with Gasteiger partial charge in [0.25, 0.3) is 0 Å². The van der Waals surface area contributed by atoms with Crippen molar-refractivity contribution in [2.45, 2.75) is 38.1 Å². The van der Waals surface area contributed by atoms with Gasteiger partial charge in [-0.3, -0.25) is 4.99 Å². The Morgan fingerprint density at radius 1 is 1.06 bits per heavy atom. The largest absolute Gasteiger partial charge is 0.367 e. The van der Waals surface area contributed by atoms with Crippen LogP contribution < -0.4 is 10.2 Å². The topological polar surface area (TPSA) is 65.0 Å². The maximum absolute atomic E-state index is 12.3. The molecule has 1 N–H and O–H groups in total. The molecular weight excluding hydrogens is 408 g/mol. The van der Waals surface area contributed by atoms with Crippen molar-refractivity contribution in [2.75, 3.05) is 37.3 Å². The number of nitrogens with zero attached hydrogens (tertiary/aromatic N) is 3. The Kier molecular flexibility index (Phi) is 5.97. The maximum Gasteiger partial charge on any atom is 0.193 e. The molecule has 4 rings (SSSR count). The van der Waals surface area contributed by atoms with Gasteiger partial charge in [0.2, 0.25) is 0 Å². The summed E-state index contributed by atoms with van der Waals surface area (Å²) in [6.07, 6.45) is 1.12. The maximum atomic E-state index is 12.3. The lowest BCUT2D eigenvalue weighted by Crippen LogP contribution is -2.57. The molecule has 2 aliphatic heterocycles. The molecule has 0 aliphatic carbocycles. The van der Waals surface area contributed by atoms with Gasteiger partial charge in [-0.25, -0.2) is 8.42 Å². The molecule has 166 valence electrons. The van der Waals surface area contributed by atoms with Crippen LogP contribution in [0.2, 0.25) is 0 Å². The van der Waals surface area contributed by atoms with Gasteiger partial charge in [0.1, 0.15) is 0 Å². The first kappa shape index (κ1) is 21.7. The number of hydrogen-bond donors (Lipinski definition) is 1. The lowest BCUT2D eigenvalue weighted by molar-refractivity contribution is 0.353. The van der Waals surface area contributed by atoms with E-state index < -0.39 is 14.6 Å². The Balaban J connectivity index is 1.34. The Hall–Kier alpha value is -2.54. The minimum Gasteiger partial charge on any atom is -0.367 e. The molecule has 0 bridgehead atoms. The summed E-state index contributed by atoms with van der Waals surface area (Å²) in [6.45, 7) is 7.15. The van der Waals surface area contributed by atoms with Gasteiger partial charge in [-0.05, 0) is 43.0 Å². The van der Waals surface area contributed by atoms with Gasteiger partial charge in [0.05, 0.1) is 10.5 Å². The number of rotatable bonds is 4. The number of guanidine groups is 1. The molecular formula is C24H32N4O2S. The monoisotopic (exact) mass is 440 g/mol. The fourth-order valence-corrected chi connectivity index (χ4v) is 5.76. The average Bonchev–Trinajstić information content (AvgIpc) is 3.15. The van der Waals surface area contributed by atoms with Gasteiger partial charge in [-0.1, -0.05) is 42.5 Å². The molecule has 2 aliphatic rings. The Labute approximate surface area is 185 Å². The number of para-hydroxylation sites is 1. The third-order valence-corrected chi connectivity index (χ3v) is 8.92. The molecule has 0 amide bonds. The van der Waals surface area contributed by atoms with Crippen LogP contribution in [0, 0.1) is 0 Å². The zero-order chi connectivity index (χ0) is 22.1. The second kappa shape index (κ2) is 8.54. The summed E-state index contributed by atoms with van der Waals surface area (Å²) in [4.78, 5) is 8.86. The first-order valence-corrected chi connectivity index (χ1v) is 12.5. The van der Waals surface area contributed by atoms with E-state index in [9.17, 15) is 8.42 Å². The minimum absolute atomic E-state index is 0.162. The highest BCUT2D eigenvalue weighted by Crippen LogP contribution is 2.29. The molecule has 31 heavy (non-hydrogen) atoms. The van der Waals surface area contributed by atoms with Crippen LogP contribution in [-0.2, 0) is 29.3 Å². The highest BCUT2D eigenvalue weighted by atomic mass is 32.2. The van der Waals surface area contributed by atoms with Crippen molar-refractivity contribution < 1.29 is 8.42 Å². The summed E-state index contributed by atoms with van der Waals surface area (Å²) in [5.74, 6) is 0.912. The third kappa shape index (κ3) is 4.56. The van der Waals surface area contributed by atoms with E-state index in [-0.39, 0.29) is 5.75 Å². The van der Waals surface area contributed by atoms with Crippen LogP contribution in [0.15, 0.2) is 53.5 Å². The summed E-state index contributed by atoms with van der Waals surface area (Å²) in [5.41, 5.74) is 5.26. The van der Waals surface area contributed by atoms with E-state index in [2.05, 4.69) is 63.7 Å². The standard InChI is InChI=1S/C24H32N4O2S/c1-24(2)18-28(14-15-31(24,29)30)23(25-3)26-16-19-8-10-20(11-9-19)17-27-13-12-21-6-4-5-7-22(21)27/h4-11H,12-18H2,1-3H3,(H,25,26). The van der Waals surface area contributed by atoms with Crippen molar-refractivity contribution in [3.63, 3.8) is 0 Å². The molecule has 0 aromatic heterocycles. The first-order valence-electron chi connectivity index (χ1n) is 10.9. The number of sulfone groups is 1. The lowest BCUT2D eigenvalue weighted by Gasteiger charge is -2.39. The number of aliphatic imine (C=N–C) groups is 1. The number of fused-ring (bicyclic) bond motifs is 1. The molecule has 0 spiro atoms. The van der Waals surface area contributed by atoms with Crippen LogP contribution in [-0.4, -0.2) is 56.5 Å². The molecule has 6 nitrogen and oxygen atoms in total. The zero-order valence-corrected chi connectivity index (χ0v) is 19.5. The van der Waals surface area contributed by atoms with Crippen molar-refractivity contribution in [1.82, 2.24) is 10.2 Å². The molecule has 2 aromatic rings. The highest BCUT2D eigenvalue weighted by Gasteiger charge is 2.40. The Morgan fingerprint density at radius 2 is 1.77 bits per heavy atom. The van der Waals surface area contributed by atoms with Gasteiger partial charge in [-0.15, -0.1) is 0 Å².